The van der Waals surface area contributed by atoms with Crippen molar-refractivity contribution in [2.75, 3.05) is 0 Å². The summed E-state index contributed by atoms with van der Waals surface area (Å²) in [4.78, 5) is 13.3. The van der Waals surface area contributed by atoms with Gasteiger partial charge in [0.05, 0.1) is 0 Å². The minimum absolute atomic E-state index is 0. The first kappa shape index (κ1) is 26.0. The standard InChI is InChI=1S/C19H8F4O5S4.Na/c20-13-15(22)18(32(25,26)27)16(23)14(21)17(13)28-19(24)12-6-5-11(31-12)10-4-3-9(30-10)8-2-1-7-29-8;/h1-7H,(H,25,26,27);/q;+1/p-1. The number of hydrogen-bond acceptors (Lipinski definition) is 8. The third kappa shape index (κ3) is 5.10. The number of halogens is 4. The minimum Gasteiger partial charge on any atom is -0.744 e. The molecule has 0 saturated heterocycles. The fourth-order valence-corrected chi connectivity index (χ4v) is 6.08. The number of carbonyl (C=O) groups excluding carboxylic acids is 1. The Hall–Kier alpha value is -1.58. The maximum Gasteiger partial charge on any atom is 1.00 e. The number of thiophene rings is 3. The molecule has 4 rings (SSSR count). The van der Waals surface area contributed by atoms with Gasteiger partial charge in [0.25, 0.3) is 0 Å². The Balaban J connectivity index is 0.00000306. The van der Waals surface area contributed by atoms with E-state index in [0.29, 0.717) is 4.88 Å². The van der Waals surface area contributed by atoms with Crippen LogP contribution in [0.1, 0.15) is 9.67 Å². The quantitative estimate of drug-likeness (QED) is 0.0968. The molecule has 14 heteroatoms. The Morgan fingerprint density at radius 1 is 0.818 bits per heavy atom. The predicted molar refractivity (Wildman–Crippen MR) is 110 cm³/mol. The first-order valence-electron chi connectivity index (χ1n) is 8.36. The third-order valence-corrected chi connectivity index (χ3v) is 8.32. The van der Waals surface area contributed by atoms with Crippen molar-refractivity contribution in [2.45, 2.75) is 4.90 Å². The SMILES string of the molecule is O=C(Oc1c(F)c(F)c(S(=O)(=O)[O-])c(F)c1F)c1ccc(-c2ccc(-c3cccs3)s2)s1.[Na+]. The van der Waals surface area contributed by atoms with Crippen LogP contribution in [0.25, 0.3) is 19.5 Å². The normalized spacial score (nSPS) is 11.3. The van der Waals surface area contributed by atoms with Crippen LogP contribution in [0, 0.1) is 23.3 Å². The molecule has 0 amide bonds. The van der Waals surface area contributed by atoms with Crippen molar-refractivity contribution in [3.63, 3.8) is 0 Å². The molecular formula is C19H7F4NaO5S4. The Kier molecular flexibility index (Phi) is 7.86. The Morgan fingerprint density at radius 2 is 1.36 bits per heavy atom. The summed E-state index contributed by atoms with van der Waals surface area (Å²) in [6.45, 7) is 0. The number of esters is 1. The van der Waals surface area contributed by atoms with E-state index in [9.17, 15) is 35.3 Å². The smallest absolute Gasteiger partial charge is 0.744 e. The zero-order valence-electron chi connectivity index (χ0n) is 16.2. The Labute approximate surface area is 218 Å². The topological polar surface area (TPSA) is 83.5 Å². The fourth-order valence-electron chi connectivity index (χ4n) is 2.65. The van der Waals surface area contributed by atoms with Crippen molar-refractivity contribution >= 4 is 50.1 Å². The van der Waals surface area contributed by atoms with Gasteiger partial charge in [-0.15, -0.1) is 34.0 Å². The Bertz CT molecular complexity index is 1420. The second kappa shape index (κ2) is 9.96. The van der Waals surface area contributed by atoms with Crippen LogP contribution in [-0.4, -0.2) is 18.9 Å². The zero-order valence-corrected chi connectivity index (χ0v) is 21.5. The van der Waals surface area contributed by atoms with Crippen molar-refractivity contribution < 1.29 is 69.6 Å². The molecule has 0 radical (unpaired) electrons. The van der Waals surface area contributed by atoms with Crippen molar-refractivity contribution in [2.24, 2.45) is 0 Å². The van der Waals surface area contributed by atoms with Gasteiger partial charge in [-0.25, -0.2) is 22.0 Å². The molecule has 0 aliphatic carbocycles. The number of hydrogen-bond donors (Lipinski definition) is 0. The Morgan fingerprint density at radius 3 is 1.91 bits per heavy atom. The maximum absolute atomic E-state index is 14.1. The zero-order chi connectivity index (χ0) is 23.2. The summed E-state index contributed by atoms with van der Waals surface area (Å²) in [6.07, 6.45) is 0. The van der Waals surface area contributed by atoms with Gasteiger partial charge in [0.1, 0.15) is 19.9 Å². The van der Waals surface area contributed by atoms with E-state index < -0.39 is 50.0 Å². The van der Waals surface area contributed by atoms with Crippen LogP contribution in [0.4, 0.5) is 17.6 Å². The second-order valence-electron chi connectivity index (χ2n) is 6.06. The van der Waals surface area contributed by atoms with E-state index in [2.05, 4.69) is 4.74 Å². The van der Waals surface area contributed by atoms with Crippen LogP contribution in [0.2, 0.25) is 0 Å². The maximum atomic E-state index is 14.1. The molecule has 0 spiro atoms. The number of rotatable bonds is 5. The molecule has 3 heterocycles. The molecule has 0 bridgehead atoms. The summed E-state index contributed by atoms with van der Waals surface area (Å²) in [6, 6.07) is 10.4. The molecule has 0 saturated carbocycles. The summed E-state index contributed by atoms with van der Waals surface area (Å²) in [7, 11) is -5.86. The fraction of sp³-hybridized carbons (Fsp3) is 0. The van der Waals surface area contributed by atoms with Gasteiger partial charge in [-0.1, -0.05) is 6.07 Å². The van der Waals surface area contributed by atoms with Crippen LogP contribution >= 0.6 is 34.0 Å². The van der Waals surface area contributed by atoms with E-state index in [-0.39, 0.29) is 34.4 Å². The molecule has 166 valence electrons. The van der Waals surface area contributed by atoms with Crippen molar-refractivity contribution in [3.8, 4) is 25.3 Å². The molecule has 5 nitrogen and oxygen atoms in total. The molecule has 0 unspecified atom stereocenters. The van der Waals surface area contributed by atoms with Gasteiger partial charge in [0.2, 0.25) is 17.4 Å². The number of carbonyl (C=O) groups is 1. The summed E-state index contributed by atoms with van der Waals surface area (Å²) in [5.74, 6) is -12.7. The van der Waals surface area contributed by atoms with E-state index in [0.717, 1.165) is 26.0 Å². The van der Waals surface area contributed by atoms with Crippen LogP contribution in [0.3, 0.4) is 0 Å². The molecular weight excluding hydrogens is 535 g/mol. The van der Waals surface area contributed by atoms with Gasteiger partial charge < -0.3 is 9.29 Å². The average Bonchev–Trinajstić information content (AvgIpc) is 3.48. The van der Waals surface area contributed by atoms with E-state index in [4.69, 9.17) is 0 Å². The molecule has 3 aromatic heterocycles. The van der Waals surface area contributed by atoms with Crippen LogP contribution in [0.15, 0.2) is 46.7 Å². The number of ether oxygens (including phenoxy) is 1. The summed E-state index contributed by atoms with van der Waals surface area (Å²) in [5, 5.41) is 1.93. The molecule has 4 aromatic rings. The number of benzene rings is 1. The molecule has 0 aliphatic rings. The average molecular weight is 543 g/mol. The van der Waals surface area contributed by atoms with Crippen LogP contribution in [-0.2, 0) is 10.1 Å². The predicted octanol–water partition coefficient (Wildman–Crippen LogP) is 2.89. The summed E-state index contributed by atoms with van der Waals surface area (Å²) < 4.78 is 92.9. The van der Waals surface area contributed by atoms with Gasteiger partial charge >= 0.3 is 35.5 Å². The summed E-state index contributed by atoms with van der Waals surface area (Å²) >= 11 is 3.91. The van der Waals surface area contributed by atoms with E-state index in [1.807, 2.05) is 29.6 Å². The third-order valence-electron chi connectivity index (χ3n) is 4.05. The molecule has 1 aromatic carbocycles. The van der Waals surface area contributed by atoms with Crippen molar-refractivity contribution in [3.05, 3.63) is 69.9 Å². The minimum atomic E-state index is -5.86. The molecule has 0 atom stereocenters. The van der Waals surface area contributed by atoms with Gasteiger partial charge in [-0.3, -0.25) is 0 Å². The monoisotopic (exact) mass is 542 g/mol. The largest absolute Gasteiger partial charge is 1.00 e. The molecule has 0 aliphatic heterocycles. The molecule has 0 fully saturated rings. The van der Waals surface area contributed by atoms with Crippen molar-refractivity contribution in [1.82, 2.24) is 0 Å². The van der Waals surface area contributed by atoms with E-state index in [1.165, 1.54) is 17.4 Å². The second-order valence-corrected chi connectivity index (χ2v) is 10.5. The van der Waals surface area contributed by atoms with E-state index >= 15 is 0 Å². The molecule has 0 N–H and O–H groups in total. The summed E-state index contributed by atoms with van der Waals surface area (Å²) in [5.41, 5.74) is 0. The van der Waals surface area contributed by atoms with Gasteiger partial charge in [0.15, 0.2) is 11.6 Å². The van der Waals surface area contributed by atoms with E-state index in [1.54, 1.807) is 17.4 Å². The van der Waals surface area contributed by atoms with Gasteiger partial charge in [-0.2, -0.15) is 8.78 Å². The molecule has 33 heavy (non-hydrogen) atoms. The van der Waals surface area contributed by atoms with Gasteiger partial charge in [0, 0.05) is 19.5 Å². The van der Waals surface area contributed by atoms with Crippen LogP contribution in [0.5, 0.6) is 5.75 Å². The van der Waals surface area contributed by atoms with Crippen LogP contribution < -0.4 is 34.3 Å². The van der Waals surface area contributed by atoms with Crippen molar-refractivity contribution in [1.29, 1.82) is 0 Å². The first-order chi connectivity index (χ1) is 15.1. The van der Waals surface area contributed by atoms with Gasteiger partial charge in [-0.05, 0) is 35.7 Å². The first-order valence-corrected chi connectivity index (χ1v) is 12.3.